The molecule has 142 valence electrons. The number of carbonyl (C=O) groups excluding carboxylic acids is 1. The summed E-state index contributed by atoms with van der Waals surface area (Å²) in [4.78, 5) is 17.6. The molecule has 1 amide bonds. The van der Waals surface area contributed by atoms with Crippen molar-refractivity contribution < 1.29 is 9.53 Å². The van der Waals surface area contributed by atoms with E-state index in [4.69, 9.17) is 4.74 Å². The maximum Gasteiger partial charge on any atom is 0.227 e. The fourth-order valence-electron chi connectivity index (χ4n) is 4.94. The second-order valence-electron chi connectivity index (χ2n) is 8.88. The highest BCUT2D eigenvalue weighted by molar-refractivity contribution is 5.79. The van der Waals surface area contributed by atoms with Crippen molar-refractivity contribution in [2.75, 3.05) is 46.4 Å². The Hall–Kier alpha value is -1.39. The third-order valence-corrected chi connectivity index (χ3v) is 6.68. The lowest BCUT2D eigenvalue weighted by Gasteiger charge is -2.30. The van der Waals surface area contributed by atoms with Crippen LogP contribution in [-0.2, 0) is 16.0 Å². The first-order chi connectivity index (χ1) is 12.6. The first-order valence-electron chi connectivity index (χ1n) is 10.1. The van der Waals surface area contributed by atoms with Crippen LogP contribution in [0.4, 0.5) is 0 Å². The van der Waals surface area contributed by atoms with Crippen LogP contribution in [0.2, 0.25) is 0 Å². The zero-order valence-corrected chi connectivity index (χ0v) is 16.2. The maximum atomic E-state index is 12.9. The summed E-state index contributed by atoms with van der Waals surface area (Å²) in [5, 5.41) is 0. The molecule has 26 heavy (non-hydrogen) atoms. The van der Waals surface area contributed by atoms with Crippen LogP contribution in [0.25, 0.3) is 0 Å². The second-order valence-corrected chi connectivity index (χ2v) is 8.88. The molecular weight excluding hydrogens is 324 g/mol. The molecule has 4 heteroatoms. The monoisotopic (exact) mass is 356 g/mol. The van der Waals surface area contributed by atoms with E-state index in [2.05, 4.69) is 41.0 Å². The van der Waals surface area contributed by atoms with E-state index in [9.17, 15) is 4.79 Å². The SMILES string of the molecule is COC[C@H]1CN(CC2CC2)C[C@@]12CCN(C(=O)Cc1ccc(C)cc1)C2. The summed E-state index contributed by atoms with van der Waals surface area (Å²) < 4.78 is 5.55. The molecule has 2 saturated heterocycles. The van der Waals surface area contributed by atoms with Gasteiger partial charge in [0.05, 0.1) is 13.0 Å². The number of rotatable bonds is 6. The molecule has 0 radical (unpaired) electrons. The van der Waals surface area contributed by atoms with Crippen molar-refractivity contribution in [3.8, 4) is 0 Å². The molecule has 1 aromatic carbocycles. The molecule has 0 bridgehead atoms. The van der Waals surface area contributed by atoms with Gasteiger partial charge in [0, 0.05) is 51.2 Å². The number of carbonyl (C=O) groups is 1. The van der Waals surface area contributed by atoms with Gasteiger partial charge in [-0.05, 0) is 37.7 Å². The molecule has 1 saturated carbocycles. The smallest absolute Gasteiger partial charge is 0.227 e. The highest BCUT2D eigenvalue weighted by atomic mass is 16.5. The Labute approximate surface area is 157 Å². The third kappa shape index (κ3) is 3.81. The largest absolute Gasteiger partial charge is 0.384 e. The van der Waals surface area contributed by atoms with Gasteiger partial charge >= 0.3 is 0 Å². The molecule has 0 aromatic heterocycles. The van der Waals surface area contributed by atoms with Gasteiger partial charge in [0.25, 0.3) is 0 Å². The van der Waals surface area contributed by atoms with E-state index in [0.717, 1.165) is 50.7 Å². The molecule has 3 aliphatic rings. The van der Waals surface area contributed by atoms with Crippen LogP contribution in [0, 0.1) is 24.2 Å². The first-order valence-corrected chi connectivity index (χ1v) is 10.1. The quantitative estimate of drug-likeness (QED) is 0.786. The van der Waals surface area contributed by atoms with E-state index >= 15 is 0 Å². The van der Waals surface area contributed by atoms with E-state index in [1.807, 2.05) is 7.11 Å². The molecule has 0 unspecified atom stereocenters. The number of nitrogens with zero attached hydrogens (tertiary/aromatic N) is 2. The minimum Gasteiger partial charge on any atom is -0.384 e. The average Bonchev–Trinajstić information content (AvgIpc) is 3.23. The molecule has 4 nitrogen and oxygen atoms in total. The lowest BCUT2D eigenvalue weighted by molar-refractivity contribution is -0.130. The van der Waals surface area contributed by atoms with Gasteiger partial charge in [0.1, 0.15) is 0 Å². The highest BCUT2D eigenvalue weighted by Gasteiger charge is 2.51. The highest BCUT2D eigenvalue weighted by Crippen LogP contribution is 2.45. The lowest BCUT2D eigenvalue weighted by atomic mass is 9.77. The molecule has 2 atom stereocenters. The van der Waals surface area contributed by atoms with Crippen molar-refractivity contribution in [1.29, 1.82) is 0 Å². The van der Waals surface area contributed by atoms with Crippen molar-refractivity contribution in [2.24, 2.45) is 17.3 Å². The van der Waals surface area contributed by atoms with Crippen LogP contribution >= 0.6 is 0 Å². The number of benzene rings is 1. The zero-order chi connectivity index (χ0) is 18.1. The number of hydrogen-bond donors (Lipinski definition) is 0. The third-order valence-electron chi connectivity index (χ3n) is 6.68. The number of amides is 1. The van der Waals surface area contributed by atoms with Crippen molar-refractivity contribution in [3.05, 3.63) is 35.4 Å². The number of hydrogen-bond acceptors (Lipinski definition) is 3. The van der Waals surface area contributed by atoms with Gasteiger partial charge in [-0.15, -0.1) is 0 Å². The van der Waals surface area contributed by atoms with Crippen molar-refractivity contribution in [2.45, 2.75) is 32.6 Å². The molecule has 1 aromatic rings. The summed E-state index contributed by atoms with van der Waals surface area (Å²) in [6, 6.07) is 8.35. The summed E-state index contributed by atoms with van der Waals surface area (Å²) >= 11 is 0. The van der Waals surface area contributed by atoms with E-state index < -0.39 is 0 Å². The summed E-state index contributed by atoms with van der Waals surface area (Å²) in [6.07, 6.45) is 4.46. The van der Waals surface area contributed by atoms with E-state index in [1.54, 1.807) is 0 Å². The number of ether oxygens (including phenoxy) is 1. The van der Waals surface area contributed by atoms with Gasteiger partial charge in [0.15, 0.2) is 0 Å². The Balaban J connectivity index is 1.40. The molecule has 4 rings (SSSR count). The topological polar surface area (TPSA) is 32.8 Å². The fraction of sp³-hybridized carbons (Fsp3) is 0.682. The molecule has 3 fully saturated rings. The fourth-order valence-corrected chi connectivity index (χ4v) is 4.94. The summed E-state index contributed by atoms with van der Waals surface area (Å²) in [7, 11) is 1.81. The minimum absolute atomic E-state index is 0.244. The first kappa shape index (κ1) is 18.0. The zero-order valence-electron chi connectivity index (χ0n) is 16.2. The van der Waals surface area contributed by atoms with Crippen LogP contribution in [0.15, 0.2) is 24.3 Å². The van der Waals surface area contributed by atoms with Gasteiger partial charge in [0.2, 0.25) is 5.91 Å². The van der Waals surface area contributed by atoms with Gasteiger partial charge in [-0.1, -0.05) is 29.8 Å². The van der Waals surface area contributed by atoms with Crippen molar-refractivity contribution >= 4 is 5.91 Å². The predicted molar refractivity (Wildman–Crippen MR) is 103 cm³/mol. The summed E-state index contributed by atoms with van der Waals surface area (Å²) in [6.45, 7) is 8.25. The normalized spacial score (nSPS) is 29.0. The van der Waals surface area contributed by atoms with Gasteiger partial charge in [-0.25, -0.2) is 0 Å². The van der Waals surface area contributed by atoms with Crippen LogP contribution < -0.4 is 0 Å². The predicted octanol–water partition coefficient (Wildman–Crippen LogP) is 2.74. The van der Waals surface area contributed by atoms with E-state index in [-0.39, 0.29) is 11.3 Å². The lowest BCUT2D eigenvalue weighted by Crippen LogP contribution is -2.38. The minimum atomic E-state index is 0.244. The number of methoxy groups -OCH3 is 1. The Morgan fingerprint density at radius 1 is 1.23 bits per heavy atom. The van der Waals surface area contributed by atoms with Crippen LogP contribution in [0.1, 0.15) is 30.4 Å². The van der Waals surface area contributed by atoms with Crippen LogP contribution in [-0.4, -0.2) is 62.1 Å². The van der Waals surface area contributed by atoms with Crippen molar-refractivity contribution in [1.82, 2.24) is 9.80 Å². The van der Waals surface area contributed by atoms with Crippen LogP contribution in [0.3, 0.4) is 0 Å². The van der Waals surface area contributed by atoms with E-state index in [1.165, 1.54) is 24.9 Å². The Bertz CT molecular complexity index is 640. The molecule has 1 aliphatic carbocycles. The molecule has 1 spiro atoms. The molecule has 2 aliphatic heterocycles. The molecule has 0 N–H and O–H groups in total. The van der Waals surface area contributed by atoms with Gasteiger partial charge in [-0.2, -0.15) is 0 Å². The van der Waals surface area contributed by atoms with Gasteiger partial charge in [-0.3, -0.25) is 4.79 Å². The summed E-state index contributed by atoms with van der Waals surface area (Å²) in [5.74, 6) is 1.76. The maximum absolute atomic E-state index is 12.9. The number of aryl methyl sites for hydroxylation is 1. The average molecular weight is 357 g/mol. The van der Waals surface area contributed by atoms with Crippen molar-refractivity contribution in [3.63, 3.8) is 0 Å². The van der Waals surface area contributed by atoms with Crippen LogP contribution in [0.5, 0.6) is 0 Å². The summed E-state index contributed by atoms with van der Waals surface area (Å²) in [5.41, 5.74) is 2.61. The van der Waals surface area contributed by atoms with E-state index in [0.29, 0.717) is 12.3 Å². The Morgan fingerprint density at radius 2 is 2.00 bits per heavy atom. The molecular formula is C22H32N2O2. The number of likely N-dealkylation sites (tertiary alicyclic amines) is 2. The Morgan fingerprint density at radius 3 is 2.69 bits per heavy atom. The molecule has 2 heterocycles. The standard InChI is InChI=1S/C22H32N2O2/c1-17-3-5-18(6-4-17)11-21(25)24-10-9-22(16-24)15-23(12-19-7-8-19)13-20(22)14-26-2/h3-6,19-20H,7-16H2,1-2H3/t20-,22-/m1/s1. The van der Waals surface area contributed by atoms with Gasteiger partial charge < -0.3 is 14.5 Å². The Kier molecular flexibility index (Phi) is 5.07. The second kappa shape index (κ2) is 7.32.